The van der Waals surface area contributed by atoms with Gasteiger partial charge in [0.1, 0.15) is 5.75 Å². The molecule has 0 spiro atoms. The lowest BCUT2D eigenvalue weighted by atomic mass is 10.1. The van der Waals surface area contributed by atoms with E-state index in [9.17, 15) is 0 Å². The molecular formula is C9H12BrNO2. The summed E-state index contributed by atoms with van der Waals surface area (Å²) < 4.78 is 5.89. The van der Waals surface area contributed by atoms with Crippen molar-refractivity contribution in [3.8, 4) is 5.75 Å². The number of hydrogen-bond acceptors (Lipinski definition) is 3. The second-order valence-corrected chi connectivity index (χ2v) is 3.53. The van der Waals surface area contributed by atoms with Crippen molar-refractivity contribution in [2.45, 2.75) is 6.04 Å². The molecule has 13 heavy (non-hydrogen) atoms. The number of aliphatic hydroxyl groups excluding tert-OH is 1. The highest BCUT2D eigenvalue weighted by Crippen LogP contribution is 2.26. The number of hydrogen-bond donors (Lipinski definition) is 2. The average Bonchev–Trinajstić information content (AvgIpc) is 2.16. The molecule has 0 saturated heterocycles. The Morgan fingerprint density at radius 1 is 1.62 bits per heavy atom. The Kier molecular flexibility index (Phi) is 3.71. The third kappa shape index (κ3) is 2.43. The van der Waals surface area contributed by atoms with Gasteiger partial charge in [-0.3, -0.25) is 0 Å². The van der Waals surface area contributed by atoms with Gasteiger partial charge in [-0.15, -0.1) is 0 Å². The van der Waals surface area contributed by atoms with Crippen LogP contribution in [0.15, 0.2) is 22.7 Å². The van der Waals surface area contributed by atoms with Gasteiger partial charge in [0.2, 0.25) is 0 Å². The lowest BCUT2D eigenvalue weighted by molar-refractivity contribution is 0.267. The Morgan fingerprint density at radius 3 is 2.77 bits per heavy atom. The third-order valence-electron chi connectivity index (χ3n) is 1.80. The van der Waals surface area contributed by atoms with Crippen LogP contribution in [0.25, 0.3) is 0 Å². The summed E-state index contributed by atoms with van der Waals surface area (Å²) in [4.78, 5) is 0. The predicted molar refractivity (Wildman–Crippen MR) is 54.7 cm³/mol. The maximum atomic E-state index is 8.86. The van der Waals surface area contributed by atoms with E-state index in [0.29, 0.717) is 0 Å². The van der Waals surface area contributed by atoms with Crippen LogP contribution in [0, 0.1) is 0 Å². The first kappa shape index (κ1) is 10.5. The summed E-state index contributed by atoms with van der Waals surface area (Å²) in [5.41, 5.74) is 6.54. The second-order valence-electron chi connectivity index (χ2n) is 2.68. The third-order valence-corrected chi connectivity index (χ3v) is 2.49. The van der Waals surface area contributed by atoms with Crippen molar-refractivity contribution in [2.75, 3.05) is 13.7 Å². The quantitative estimate of drug-likeness (QED) is 0.848. The number of methoxy groups -OCH3 is 1. The van der Waals surface area contributed by atoms with Gasteiger partial charge >= 0.3 is 0 Å². The van der Waals surface area contributed by atoms with Gasteiger partial charge in [0.15, 0.2) is 0 Å². The summed E-state index contributed by atoms with van der Waals surface area (Å²) in [5.74, 6) is 0.765. The molecule has 0 aliphatic carbocycles. The largest absolute Gasteiger partial charge is 0.497 e. The molecule has 3 N–H and O–H groups in total. The van der Waals surface area contributed by atoms with E-state index in [4.69, 9.17) is 15.6 Å². The molecule has 0 unspecified atom stereocenters. The highest BCUT2D eigenvalue weighted by atomic mass is 79.9. The summed E-state index contributed by atoms with van der Waals surface area (Å²) in [6.45, 7) is -0.0646. The van der Waals surface area contributed by atoms with Gasteiger partial charge in [-0.05, 0) is 17.7 Å². The minimum atomic E-state index is -0.347. The standard InChI is InChI=1S/C9H12BrNO2/c1-13-6-2-3-7(8(10)4-6)9(11)5-12/h2-4,9,12H,5,11H2,1H3/t9-/m1/s1. The Hall–Kier alpha value is -0.580. The molecule has 1 rings (SSSR count). The van der Waals surface area contributed by atoms with Crippen molar-refractivity contribution in [1.29, 1.82) is 0 Å². The fraction of sp³-hybridized carbons (Fsp3) is 0.333. The zero-order valence-electron chi connectivity index (χ0n) is 7.33. The SMILES string of the molecule is COc1ccc([C@H](N)CO)c(Br)c1. The van der Waals surface area contributed by atoms with E-state index in [1.807, 2.05) is 18.2 Å². The molecule has 0 aliphatic heterocycles. The molecule has 3 nitrogen and oxygen atoms in total. The molecule has 0 fully saturated rings. The minimum Gasteiger partial charge on any atom is -0.497 e. The van der Waals surface area contributed by atoms with Crippen molar-refractivity contribution in [1.82, 2.24) is 0 Å². The Labute approximate surface area is 85.6 Å². The molecule has 4 heteroatoms. The number of ether oxygens (including phenoxy) is 1. The number of nitrogens with two attached hydrogens (primary N) is 1. The molecule has 0 aromatic heterocycles. The number of rotatable bonds is 3. The first-order valence-corrected chi connectivity index (χ1v) is 4.68. The zero-order chi connectivity index (χ0) is 9.84. The molecule has 1 atom stereocenters. The van der Waals surface area contributed by atoms with Crippen LogP contribution >= 0.6 is 15.9 Å². The molecule has 0 radical (unpaired) electrons. The fourth-order valence-electron chi connectivity index (χ4n) is 1.03. The molecule has 0 heterocycles. The molecule has 0 amide bonds. The summed E-state index contributed by atoms with van der Waals surface area (Å²) in [6, 6.07) is 5.13. The van der Waals surface area contributed by atoms with E-state index in [1.165, 1.54) is 0 Å². The zero-order valence-corrected chi connectivity index (χ0v) is 8.91. The minimum absolute atomic E-state index is 0.0646. The van der Waals surface area contributed by atoms with Crippen molar-refractivity contribution in [3.05, 3.63) is 28.2 Å². The van der Waals surface area contributed by atoms with Crippen molar-refractivity contribution in [3.63, 3.8) is 0 Å². The smallest absolute Gasteiger partial charge is 0.120 e. The number of aliphatic hydroxyl groups is 1. The Bertz CT molecular complexity index is 291. The van der Waals surface area contributed by atoms with Crippen LogP contribution < -0.4 is 10.5 Å². The van der Waals surface area contributed by atoms with E-state index in [2.05, 4.69) is 15.9 Å². The first-order valence-electron chi connectivity index (χ1n) is 3.89. The lowest BCUT2D eigenvalue weighted by Gasteiger charge is -2.11. The monoisotopic (exact) mass is 245 g/mol. The Balaban J connectivity index is 2.98. The predicted octanol–water partition coefficient (Wildman–Crippen LogP) is 1.45. The topological polar surface area (TPSA) is 55.5 Å². The number of benzene rings is 1. The lowest BCUT2D eigenvalue weighted by Crippen LogP contribution is -2.14. The van der Waals surface area contributed by atoms with Gasteiger partial charge in [0.25, 0.3) is 0 Å². The fourth-order valence-corrected chi connectivity index (χ4v) is 1.69. The highest BCUT2D eigenvalue weighted by molar-refractivity contribution is 9.10. The van der Waals surface area contributed by atoms with E-state index in [0.717, 1.165) is 15.8 Å². The van der Waals surface area contributed by atoms with Crippen molar-refractivity contribution < 1.29 is 9.84 Å². The van der Waals surface area contributed by atoms with E-state index in [1.54, 1.807) is 7.11 Å². The van der Waals surface area contributed by atoms with Crippen LogP contribution in [-0.2, 0) is 0 Å². The second kappa shape index (κ2) is 4.60. The van der Waals surface area contributed by atoms with Gasteiger partial charge in [0, 0.05) is 4.47 Å². The normalized spacial score (nSPS) is 12.6. The summed E-state index contributed by atoms with van der Waals surface area (Å²) >= 11 is 3.36. The van der Waals surface area contributed by atoms with Crippen LogP contribution in [0.4, 0.5) is 0 Å². The number of halogens is 1. The molecule has 1 aromatic carbocycles. The van der Waals surface area contributed by atoms with Crippen LogP contribution in [0.2, 0.25) is 0 Å². The van der Waals surface area contributed by atoms with Gasteiger partial charge in [-0.25, -0.2) is 0 Å². The Morgan fingerprint density at radius 2 is 2.31 bits per heavy atom. The van der Waals surface area contributed by atoms with E-state index in [-0.39, 0.29) is 12.6 Å². The molecule has 1 aromatic rings. The summed E-state index contributed by atoms with van der Waals surface area (Å²) in [7, 11) is 1.60. The molecular weight excluding hydrogens is 234 g/mol. The van der Waals surface area contributed by atoms with Gasteiger partial charge in [-0.2, -0.15) is 0 Å². The van der Waals surface area contributed by atoms with Gasteiger partial charge in [-0.1, -0.05) is 22.0 Å². The van der Waals surface area contributed by atoms with Gasteiger partial charge < -0.3 is 15.6 Å². The van der Waals surface area contributed by atoms with Gasteiger partial charge in [0.05, 0.1) is 19.8 Å². The van der Waals surface area contributed by atoms with Crippen LogP contribution in [0.3, 0.4) is 0 Å². The molecule has 0 saturated carbocycles. The molecule has 72 valence electrons. The van der Waals surface area contributed by atoms with Crippen molar-refractivity contribution in [2.24, 2.45) is 5.73 Å². The van der Waals surface area contributed by atoms with Crippen molar-refractivity contribution >= 4 is 15.9 Å². The first-order chi connectivity index (χ1) is 6.19. The van der Waals surface area contributed by atoms with Crippen LogP contribution in [0.5, 0.6) is 5.75 Å². The average molecular weight is 246 g/mol. The van der Waals surface area contributed by atoms with E-state index >= 15 is 0 Å². The van der Waals surface area contributed by atoms with Crippen LogP contribution in [-0.4, -0.2) is 18.8 Å². The molecule has 0 aliphatic rings. The van der Waals surface area contributed by atoms with E-state index < -0.39 is 0 Å². The van der Waals surface area contributed by atoms with Crippen LogP contribution in [0.1, 0.15) is 11.6 Å². The highest BCUT2D eigenvalue weighted by Gasteiger charge is 2.08. The molecule has 0 bridgehead atoms. The summed E-state index contributed by atoms with van der Waals surface area (Å²) in [6.07, 6.45) is 0. The maximum Gasteiger partial charge on any atom is 0.120 e. The summed E-state index contributed by atoms with van der Waals surface area (Å²) in [5, 5.41) is 8.86. The maximum absolute atomic E-state index is 8.86.